The van der Waals surface area contributed by atoms with Crippen LogP contribution in [-0.2, 0) is 4.43 Å². The van der Waals surface area contributed by atoms with Crippen LogP contribution in [0, 0.1) is 17.8 Å². The second kappa shape index (κ2) is 3.75. The molecule has 3 atom stereocenters. The van der Waals surface area contributed by atoms with Crippen molar-refractivity contribution in [2.45, 2.75) is 25.3 Å². The van der Waals surface area contributed by atoms with Crippen molar-refractivity contribution in [1.82, 2.24) is 0 Å². The molecule has 0 aliphatic heterocycles. The Labute approximate surface area is 77.1 Å². The summed E-state index contributed by atoms with van der Waals surface area (Å²) in [6.07, 6.45) is 9.14. The van der Waals surface area contributed by atoms with Crippen LogP contribution in [0.5, 0.6) is 0 Å². The van der Waals surface area contributed by atoms with Crippen LogP contribution in [0.25, 0.3) is 0 Å². The maximum absolute atomic E-state index is 5.09. The minimum Gasteiger partial charge on any atom is -0.421 e. The second-order valence-electron chi connectivity index (χ2n) is 3.93. The number of fused-ring (bicyclic) bond motifs is 2. The Bertz CT molecular complexity index is 179. The van der Waals surface area contributed by atoms with E-state index >= 15 is 0 Å². The molecule has 0 spiro atoms. The van der Waals surface area contributed by atoms with E-state index in [-0.39, 0.29) is 0 Å². The predicted octanol–water partition coefficient (Wildman–Crippen LogP) is 2.27. The molecule has 0 aromatic carbocycles. The van der Waals surface area contributed by atoms with E-state index in [1.807, 2.05) is 0 Å². The van der Waals surface area contributed by atoms with Gasteiger partial charge < -0.3 is 4.43 Å². The Kier molecular flexibility index (Phi) is 2.66. The average molecular weight is 180 g/mol. The summed E-state index contributed by atoms with van der Waals surface area (Å²) < 4.78 is 5.09. The number of rotatable bonds is 4. The summed E-state index contributed by atoms with van der Waals surface area (Å²) >= 11 is 0. The van der Waals surface area contributed by atoms with Gasteiger partial charge in [-0.25, -0.2) is 0 Å². The Balaban J connectivity index is 1.73. The minimum atomic E-state index is 0.723. The fourth-order valence-corrected chi connectivity index (χ4v) is 3.27. The van der Waals surface area contributed by atoms with Gasteiger partial charge in [0.25, 0.3) is 0 Å². The summed E-state index contributed by atoms with van der Waals surface area (Å²) in [4.78, 5) is 0. The molecule has 0 amide bonds. The molecule has 3 unspecified atom stereocenters. The van der Waals surface area contributed by atoms with Gasteiger partial charge in [-0.1, -0.05) is 18.6 Å². The van der Waals surface area contributed by atoms with Crippen LogP contribution in [0.3, 0.4) is 0 Å². The molecule has 2 rings (SSSR count). The Morgan fingerprint density at radius 3 is 2.92 bits per heavy atom. The van der Waals surface area contributed by atoms with Crippen molar-refractivity contribution < 1.29 is 4.43 Å². The molecule has 0 saturated heterocycles. The van der Waals surface area contributed by atoms with Crippen LogP contribution < -0.4 is 0 Å². The van der Waals surface area contributed by atoms with Crippen molar-refractivity contribution in [2.75, 3.05) is 7.11 Å². The lowest BCUT2D eigenvalue weighted by atomic mass is 9.91. The molecule has 0 aromatic heterocycles. The molecule has 2 heteroatoms. The largest absolute Gasteiger partial charge is 0.421 e. The third kappa shape index (κ3) is 1.64. The number of hydrogen-bond donors (Lipinski definition) is 0. The highest BCUT2D eigenvalue weighted by molar-refractivity contribution is 6.26. The highest BCUT2D eigenvalue weighted by atomic mass is 28.2. The number of allylic oxidation sites excluding steroid dienone is 2. The van der Waals surface area contributed by atoms with Gasteiger partial charge in [0.2, 0.25) is 9.76 Å². The van der Waals surface area contributed by atoms with Crippen molar-refractivity contribution in [2.24, 2.45) is 17.8 Å². The first kappa shape index (κ1) is 8.51. The number of hydrogen-bond acceptors (Lipinski definition) is 1. The van der Waals surface area contributed by atoms with Gasteiger partial charge in [0.1, 0.15) is 0 Å². The zero-order chi connectivity index (χ0) is 8.39. The van der Waals surface area contributed by atoms with E-state index < -0.39 is 0 Å². The molecule has 2 radical (unpaired) electrons. The fourth-order valence-electron chi connectivity index (χ4n) is 2.57. The van der Waals surface area contributed by atoms with Crippen molar-refractivity contribution in [3.63, 3.8) is 0 Å². The first-order valence-electron chi connectivity index (χ1n) is 4.84. The standard InChI is InChI=1S/C10H16OSi/c1-11-12-5-4-10-7-8-2-3-9(10)6-8/h2-3,8-10H,4-7H2,1H3. The zero-order valence-corrected chi connectivity index (χ0v) is 8.62. The molecule has 2 aliphatic rings. The van der Waals surface area contributed by atoms with E-state index in [1.54, 1.807) is 7.11 Å². The monoisotopic (exact) mass is 180 g/mol. The summed E-state index contributed by atoms with van der Waals surface area (Å²) in [5.74, 6) is 2.85. The van der Waals surface area contributed by atoms with E-state index in [1.165, 1.54) is 25.3 Å². The quantitative estimate of drug-likeness (QED) is 0.366. The molecule has 1 nitrogen and oxygen atoms in total. The molecule has 0 heterocycles. The first-order chi connectivity index (χ1) is 5.90. The maximum atomic E-state index is 5.09. The molecule has 66 valence electrons. The summed E-state index contributed by atoms with van der Waals surface area (Å²) in [6.45, 7) is 0. The van der Waals surface area contributed by atoms with Gasteiger partial charge >= 0.3 is 0 Å². The van der Waals surface area contributed by atoms with E-state index in [4.69, 9.17) is 4.43 Å². The fraction of sp³-hybridized carbons (Fsp3) is 0.800. The molecule has 2 aliphatic carbocycles. The van der Waals surface area contributed by atoms with Crippen molar-refractivity contribution in [1.29, 1.82) is 0 Å². The maximum Gasteiger partial charge on any atom is 0.229 e. The molecular formula is C10H16OSi. The molecule has 0 aromatic rings. The van der Waals surface area contributed by atoms with Crippen LogP contribution >= 0.6 is 0 Å². The zero-order valence-electron chi connectivity index (χ0n) is 7.62. The van der Waals surface area contributed by atoms with Gasteiger partial charge in [0.05, 0.1) is 0 Å². The SMILES string of the molecule is CO[Si]CCC1CC2C=CC1C2. The van der Waals surface area contributed by atoms with Gasteiger partial charge in [-0.3, -0.25) is 0 Å². The van der Waals surface area contributed by atoms with Crippen LogP contribution in [0.4, 0.5) is 0 Å². The van der Waals surface area contributed by atoms with Gasteiger partial charge in [0, 0.05) is 7.11 Å². The van der Waals surface area contributed by atoms with Crippen LogP contribution in [0.15, 0.2) is 12.2 Å². The van der Waals surface area contributed by atoms with Crippen molar-refractivity contribution in [3.8, 4) is 0 Å². The average Bonchev–Trinajstić information content (AvgIpc) is 2.65. The summed E-state index contributed by atoms with van der Waals surface area (Å²) in [5.41, 5.74) is 0. The van der Waals surface area contributed by atoms with Gasteiger partial charge in [-0.15, -0.1) is 0 Å². The molecule has 12 heavy (non-hydrogen) atoms. The highest BCUT2D eigenvalue weighted by Crippen LogP contribution is 2.45. The van der Waals surface area contributed by atoms with Gasteiger partial charge in [-0.05, 0) is 36.6 Å². The minimum absolute atomic E-state index is 0.723. The van der Waals surface area contributed by atoms with Crippen LogP contribution in [-0.4, -0.2) is 16.9 Å². The topological polar surface area (TPSA) is 9.23 Å². The molecule has 2 bridgehead atoms. The normalized spacial score (nSPS) is 37.9. The lowest BCUT2D eigenvalue weighted by Crippen LogP contribution is -2.08. The summed E-state index contributed by atoms with van der Waals surface area (Å²) in [5, 5.41) is 0. The van der Waals surface area contributed by atoms with Crippen molar-refractivity contribution in [3.05, 3.63) is 12.2 Å². The smallest absolute Gasteiger partial charge is 0.229 e. The summed E-state index contributed by atoms with van der Waals surface area (Å²) in [7, 11) is 2.53. The van der Waals surface area contributed by atoms with Crippen LogP contribution in [0.2, 0.25) is 6.04 Å². The van der Waals surface area contributed by atoms with Gasteiger partial charge in [-0.2, -0.15) is 0 Å². The van der Waals surface area contributed by atoms with E-state index in [0.29, 0.717) is 0 Å². The highest BCUT2D eigenvalue weighted by Gasteiger charge is 2.34. The summed E-state index contributed by atoms with van der Waals surface area (Å²) in [6, 6.07) is 1.28. The van der Waals surface area contributed by atoms with E-state index in [2.05, 4.69) is 12.2 Å². The van der Waals surface area contributed by atoms with Gasteiger partial charge in [0.15, 0.2) is 0 Å². The van der Waals surface area contributed by atoms with Crippen LogP contribution in [0.1, 0.15) is 19.3 Å². The predicted molar refractivity (Wildman–Crippen MR) is 51.0 cm³/mol. The molecule has 1 saturated carbocycles. The molecular weight excluding hydrogens is 164 g/mol. The molecule has 0 N–H and O–H groups in total. The second-order valence-corrected chi connectivity index (χ2v) is 5.12. The lowest BCUT2D eigenvalue weighted by molar-refractivity contribution is 0.407. The third-order valence-corrected chi connectivity index (χ3v) is 3.96. The third-order valence-electron chi connectivity index (χ3n) is 3.18. The van der Waals surface area contributed by atoms with Crippen molar-refractivity contribution >= 4 is 9.76 Å². The lowest BCUT2D eigenvalue weighted by Gasteiger charge is -2.16. The Morgan fingerprint density at radius 2 is 2.33 bits per heavy atom. The molecule has 1 fully saturated rings. The van der Waals surface area contributed by atoms with E-state index in [0.717, 1.165) is 27.5 Å². The Morgan fingerprint density at radius 1 is 1.42 bits per heavy atom. The van der Waals surface area contributed by atoms with E-state index in [9.17, 15) is 0 Å². The first-order valence-corrected chi connectivity index (χ1v) is 5.96. The Hall–Kier alpha value is -0.0831.